The molecule has 19 heavy (non-hydrogen) atoms. The number of hydrogen-bond donors (Lipinski definition) is 0. The zero-order valence-electron chi connectivity index (χ0n) is 10.9. The fourth-order valence-corrected chi connectivity index (χ4v) is 3.10. The summed E-state index contributed by atoms with van der Waals surface area (Å²) < 4.78 is 2.18. The van der Waals surface area contributed by atoms with E-state index in [1.54, 1.807) is 0 Å². The molecule has 0 spiro atoms. The minimum Gasteiger partial charge on any atom is -0.327 e. The number of fused-ring (bicyclic) bond motifs is 1. The highest BCUT2D eigenvalue weighted by atomic mass is 35.5. The zero-order valence-corrected chi connectivity index (χ0v) is 13.1. The molecule has 0 aliphatic heterocycles. The topological polar surface area (TPSA) is 17.8 Å². The van der Waals surface area contributed by atoms with Crippen molar-refractivity contribution in [2.75, 3.05) is 0 Å². The van der Waals surface area contributed by atoms with Crippen LogP contribution < -0.4 is 0 Å². The van der Waals surface area contributed by atoms with E-state index in [0.717, 1.165) is 23.4 Å². The Morgan fingerprint density at radius 3 is 2.53 bits per heavy atom. The van der Waals surface area contributed by atoms with Crippen LogP contribution in [0.4, 0.5) is 0 Å². The van der Waals surface area contributed by atoms with Crippen molar-refractivity contribution in [3.63, 3.8) is 0 Å². The predicted octanol–water partition coefficient (Wildman–Crippen LogP) is 5.13. The Bertz CT molecular complexity index is 646. The van der Waals surface area contributed by atoms with Crippen molar-refractivity contribution in [3.8, 4) is 0 Å². The number of benzene rings is 1. The number of rotatable bonds is 3. The molecule has 1 aromatic heterocycles. The van der Waals surface area contributed by atoms with E-state index in [2.05, 4.69) is 23.4 Å². The Balaban J connectivity index is 2.08. The van der Waals surface area contributed by atoms with Crippen LogP contribution in [0.5, 0.6) is 0 Å². The van der Waals surface area contributed by atoms with Gasteiger partial charge in [-0.15, -0.1) is 11.6 Å². The van der Waals surface area contributed by atoms with Crippen LogP contribution in [0, 0.1) is 11.3 Å². The summed E-state index contributed by atoms with van der Waals surface area (Å²) in [5.74, 6) is 1.97. The Labute approximate surface area is 127 Å². The molecule has 1 heterocycles. The SMILES string of the molecule is CC1(C)CC1Cn1c(CCl)nc2cc(Cl)c(Cl)cc21. The number of imidazole rings is 1. The standard InChI is InChI=1S/C14H15Cl3N2/c1-14(2)5-8(14)7-19-12-4-10(17)9(16)3-11(12)18-13(19)6-15/h3-4,8H,5-7H2,1-2H3. The van der Waals surface area contributed by atoms with Gasteiger partial charge in [0.2, 0.25) is 0 Å². The van der Waals surface area contributed by atoms with Gasteiger partial charge in [0.25, 0.3) is 0 Å². The minimum atomic E-state index is 0.400. The first-order valence-corrected chi connectivity index (χ1v) is 7.61. The van der Waals surface area contributed by atoms with Gasteiger partial charge in [-0.25, -0.2) is 4.98 Å². The summed E-state index contributed by atoms with van der Waals surface area (Å²) in [5.41, 5.74) is 2.31. The van der Waals surface area contributed by atoms with Crippen LogP contribution in [-0.4, -0.2) is 9.55 Å². The molecule has 1 fully saturated rings. The van der Waals surface area contributed by atoms with E-state index in [1.807, 2.05) is 12.1 Å². The molecule has 1 aliphatic rings. The summed E-state index contributed by atoms with van der Waals surface area (Å²) in [6.07, 6.45) is 1.25. The predicted molar refractivity (Wildman–Crippen MR) is 81.2 cm³/mol. The van der Waals surface area contributed by atoms with Crippen molar-refractivity contribution in [2.45, 2.75) is 32.7 Å². The van der Waals surface area contributed by atoms with Crippen LogP contribution in [0.2, 0.25) is 10.0 Å². The summed E-state index contributed by atoms with van der Waals surface area (Å²) in [5, 5.41) is 1.10. The van der Waals surface area contributed by atoms with Gasteiger partial charge >= 0.3 is 0 Å². The molecular formula is C14H15Cl3N2. The number of halogens is 3. The summed E-state index contributed by atoms with van der Waals surface area (Å²) in [7, 11) is 0. The highest BCUT2D eigenvalue weighted by Crippen LogP contribution is 2.52. The smallest absolute Gasteiger partial charge is 0.124 e. The molecule has 0 amide bonds. The van der Waals surface area contributed by atoms with Crippen LogP contribution >= 0.6 is 34.8 Å². The van der Waals surface area contributed by atoms with Crippen molar-refractivity contribution in [3.05, 3.63) is 28.0 Å². The Kier molecular flexibility index (Phi) is 3.24. The first-order valence-electron chi connectivity index (χ1n) is 6.32. The van der Waals surface area contributed by atoms with Crippen LogP contribution in [0.15, 0.2) is 12.1 Å². The summed E-state index contributed by atoms with van der Waals surface area (Å²) in [4.78, 5) is 4.55. The second-order valence-corrected chi connectivity index (χ2v) is 7.00. The maximum absolute atomic E-state index is 6.11. The number of alkyl halides is 1. The Morgan fingerprint density at radius 1 is 1.32 bits per heavy atom. The summed E-state index contributed by atoms with van der Waals surface area (Å²) in [6, 6.07) is 3.70. The zero-order chi connectivity index (χ0) is 13.8. The average Bonchev–Trinajstić information content (AvgIpc) is 2.80. The fraction of sp³-hybridized carbons (Fsp3) is 0.500. The molecule has 5 heteroatoms. The summed E-state index contributed by atoms with van der Waals surface area (Å²) in [6.45, 7) is 5.53. The molecule has 1 atom stereocenters. The largest absolute Gasteiger partial charge is 0.327 e. The Hall–Kier alpha value is -0.440. The number of nitrogens with zero attached hydrogens (tertiary/aromatic N) is 2. The lowest BCUT2D eigenvalue weighted by Crippen LogP contribution is -2.07. The molecule has 1 saturated carbocycles. The normalized spacial score (nSPS) is 21.0. The molecule has 3 rings (SSSR count). The monoisotopic (exact) mass is 316 g/mol. The Morgan fingerprint density at radius 2 is 1.95 bits per heavy atom. The van der Waals surface area contributed by atoms with E-state index in [4.69, 9.17) is 34.8 Å². The lowest BCUT2D eigenvalue weighted by molar-refractivity contribution is 0.498. The third-order valence-electron chi connectivity index (χ3n) is 4.11. The molecule has 0 bridgehead atoms. The summed E-state index contributed by atoms with van der Waals surface area (Å²) >= 11 is 18.2. The average molecular weight is 318 g/mol. The van der Waals surface area contributed by atoms with Crippen LogP contribution in [0.1, 0.15) is 26.1 Å². The lowest BCUT2D eigenvalue weighted by Gasteiger charge is -2.09. The van der Waals surface area contributed by atoms with E-state index >= 15 is 0 Å². The van der Waals surface area contributed by atoms with E-state index < -0.39 is 0 Å². The molecule has 1 unspecified atom stereocenters. The van der Waals surface area contributed by atoms with Gasteiger partial charge in [0.05, 0.1) is 27.0 Å². The fourth-order valence-electron chi connectivity index (χ4n) is 2.58. The van der Waals surface area contributed by atoms with Gasteiger partial charge in [-0.3, -0.25) is 0 Å². The first kappa shape index (κ1) is 13.5. The van der Waals surface area contributed by atoms with Crippen molar-refractivity contribution >= 4 is 45.8 Å². The third-order valence-corrected chi connectivity index (χ3v) is 5.07. The highest BCUT2D eigenvalue weighted by molar-refractivity contribution is 6.42. The number of hydrogen-bond acceptors (Lipinski definition) is 1. The van der Waals surface area contributed by atoms with Gasteiger partial charge in [0.1, 0.15) is 5.82 Å². The molecule has 1 aromatic carbocycles. The second-order valence-electron chi connectivity index (χ2n) is 5.92. The van der Waals surface area contributed by atoms with Gasteiger partial charge in [0.15, 0.2) is 0 Å². The molecule has 2 aromatic rings. The highest BCUT2D eigenvalue weighted by Gasteiger charge is 2.45. The van der Waals surface area contributed by atoms with Crippen LogP contribution in [-0.2, 0) is 12.4 Å². The molecule has 2 nitrogen and oxygen atoms in total. The van der Waals surface area contributed by atoms with Gasteiger partial charge < -0.3 is 4.57 Å². The van der Waals surface area contributed by atoms with E-state index in [1.165, 1.54) is 6.42 Å². The van der Waals surface area contributed by atoms with E-state index in [0.29, 0.717) is 27.3 Å². The second kappa shape index (κ2) is 4.54. The van der Waals surface area contributed by atoms with Gasteiger partial charge in [0, 0.05) is 6.54 Å². The maximum Gasteiger partial charge on any atom is 0.124 e. The molecule has 0 radical (unpaired) electrons. The van der Waals surface area contributed by atoms with Crippen molar-refractivity contribution < 1.29 is 0 Å². The van der Waals surface area contributed by atoms with Crippen molar-refractivity contribution in [1.29, 1.82) is 0 Å². The van der Waals surface area contributed by atoms with Gasteiger partial charge in [-0.05, 0) is 29.9 Å². The molecule has 102 valence electrons. The lowest BCUT2D eigenvalue weighted by atomic mass is 10.1. The minimum absolute atomic E-state index is 0.400. The van der Waals surface area contributed by atoms with Crippen molar-refractivity contribution in [2.24, 2.45) is 11.3 Å². The van der Waals surface area contributed by atoms with Crippen molar-refractivity contribution in [1.82, 2.24) is 9.55 Å². The number of aromatic nitrogens is 2. The molecule has 1 aliphatic carbocycles. The van der Waals surface area contributed by atoms with Gasteiger partial charge in [-0.1, -0.05) is 37.0 Å². The third kappa shape index (κ3) is 2.35. The van der Waals surface area contributed by atoms with Crippen LogP contribution in [0.3, 0.4) is 0 Å². The quantitative estimate of drug-likeness (QED) is 0.718. The maximum atomic E-state index is 6.11. The molecular weight excluding hydrogens is 303 g/mol. The first-order chi connectivity index (χ1) is 8.92. The van der Waals surface area contributed by atoms with E-state index in [9.17, 15) is 0 Å². The molecule has 0 N–H and O–H groups in total. The van der Waals surface area contributed by atoms with Gasteiger partial charge in [-0.2, -0.15) is 0 Å². The molecule has 0 saturated heterocycles. The van der Waals surface area contributed by atoms with E-state index in [-0.39, 0.29) is 0 Å². The van der Waals surface area contributed by atoms with Crippen LogP contribution in [0.25, 0.3) is 11.0 Å².